The fourth-order valence-corrected chi connectivity index (χ4v) is 5.48. The number of aromatic nitrogens is 4. The van der Waals surface area contributed by atoms with Gasteiger partial charge in [-0.05, 0) is 31.0 Å². The highest BCUT2D eigenvalue weighted by molar-refractivity contribution is 7.07. The zero-order chi connectivity index (χ0) is 23.2. The molecule has 2 aliphatic rings. The molecule has 0 bridgehead atoms. The molecule has 0 atom stereocenters. The first-order valence-electron chi connectivity index (χ1n) is 11.3. The third kappa shape index (κ3) is 4.20. The Morgan fingerprint density at radius 3 is 2.65 bits per heavy atom. The van der Waals surface area contributed by atoms with Gasteiger partial charge in [0.05, 0.1) is 33.8 Å². The predicted molar refractivity (Wildman–Crippen MR) is 134 cm³/mol. The van der Waals surface area contributed by atoms with E-state index in [9.17, 15) is 4.79 Å². The summed E-state index contributed by atoms with van der Waals surface area (Å²) in [4.78, 5) is 30.6. The summed E-state index contributed by atoms with van der Waals surface area (Å²) in [6, 6.07) is 5.52. The molecule has 6 rings (SSSR count). The van der Waals surface area contributed by atoms with Crippen molar-refractivity contribution < 1.29 is 4.79 Å². The van der Waals surface area contributed by atoms with Gasteiger partial charge in [-0.2, -0.15) is 0 Å². The van der Waals surface area contributed by atoms with Crippen LogP contribution in [0.15, 0.2) is 41.5 Å². The van der Waals surface area contributed by atoms with Crippen LogP contribution in [0.4, 0.5) is 0 Å². The SMILES string of the molecule is O=C(c1cscn1)N1CCN(Cc2c(-c3ccc(Cl)cc3Cl)nc3cnc(C4CC4)cn23)CC1. The molecule has 4 aromatic rings. The number of hydrogen-bond donors (Lipinski definition) is 0. The lowest BCUT2D eigenvalue weighted by Crippen LogP contribution is -2.48. The number of benzene rings is 1. The number of thiazole rings is 1. The fourth-order valence-electron chi connectivity index (χ4n) is 4.46. The van der Waals surface area contributed by atoms with Gasteiger partial charge in [0, 0.05) is 60.8 Å². The molecule has 10 heteroatoms. The second-order valence-electron chi connectivity index (χ2n) is 8.79. The van der Waals surface area contributed by atoms with Crippen LogP contribution in [-0.2, 0) is 6.54 Å². The molecule has 3 aromatic heterocycles. The number of fused-ring (bicyclic) bond motifs is 1. The minimum atomic E-state index is 0.00415. The Morgan fingerprint density at radius 1 is 1.12 bits per heavy atom. The van der Waals surface area contributed by atoms with Crippen LogP contribution in [0.3, 0.4) is 0 Å². The maximum absolute atomic E-state index is 12.7. The molecule has 1 saturated carbocycles. The summed E-state index contributed by atoms with van der Waals surface area (Å²) in [5.74, 6) is 0.548. The maximum atomic E-state index is 12.7. The number of nitrogens with zero attached hydrogens (tertiary/aromatic N) is 6. The number of rotatable bonds is 5. The van der Waals surface area contributed by atoms with Crippen LogP contribution in [0.25, 0.3) is 16.9 Å². The highest BCUT2D eigenvalue weighted by Crippen LogP contribution is 2.39. The van der Waals surface area contributed by atoms with E-state index >= 15 is 0 Å². The number of carbonyl (C=O) groups excluding carboxylic acids is 1. The van der Waals surface area contributed by atoms with Gasteiger partial charge < -0.3 is 4.90 Å². The second-order valence-corrected chi connectivity index (χ2v) is 10.4. The van der Waals surface area contributed by atoms with Gasteiger partial charge in [-0.25, -0.2) is 9.97 Å². The van der Waals surface area contributed by atoms with Crippen LogP contribution >= 0.6 is 34.5 Å². The minimum absolute atomic E-state index is 0.00415. The largest absolute Gasteiger partial charge is 0.335 e. The van der Waals surface area contributed by atoms with Gasteiger partial charge in [-0.1, -0.05) is 23.2 Å². The molecule has 2 fully saturated rings. The average Bonchev–Trinajstić information content (AvgIpc) is 3.43. The van der Waals surface area contributed by atoms with Crippen molar-refractivity contribution >= 4 is 46.1 Å². The van der Waals surface area contributed by atoms with Crippen LogP contribution in [-0.4, -0.2) is 61.2 Å². The first kappa shape index (κ1) is 22.0. The molecule has 1 aliphatic carbocycles. The quantitative estimate of drug-likeness (QED) is 0.376. The molecule has 1 aromatic carbocycles. The first-order valence-corrected chi connectivity index (χ1v) is 13.0. The standard InChI is InChI=1S/C24H22Cl2N6OS/c25-16-3-4-17(18(26)9-16)23-21(32-11-19(15-1-2-15)27-10-22(32)29-23)12-30-5-7-31(8-6-30)24(33)20-13-34-14-28-20/h3-4,9-11,13-15H,1-2,5-8,12H2. The van der Waals surface area contributed by atoms with Gasteiger partial charge in [-0.15, -0.1) is 11.3 Å². The maximum Gasteiger partial charge on any atom is 0.273 e. The minimum Gasteiger partial charge on any atom is -0.335 e. The molecule has 0 N–H and O–H groups in total. The Hall–Kier alpha value is -2.52. The van der Waals surface area contributed by atoms with Gasteiger partial charge in [0.1, 0.15) is 5.69 Å². The Balaban J connectivity index is 1.30. The van der Waals surface area contributed by atoms with E-state index in [0.717, 1.165) is 41.4 Å². The molecule has 1 aliphatic heterocycles. The summed E-state index contributed by atoms with van der Waals surface area (Å²) < 4.78 is 2.16. The van der Waals surface area contributed by atoms with Crippen molar-refractivity contribution in [3.8, 4) is 11.3 Å². The van der Waals surface area contributed by atoms with Crippen LogP contribution in [0.2, 0.25) is 10.0 Å². The lowest BCUT2D eigenvalue weighted by Gasteiger charge is -2.34. The summed E-state index contributed by atoms with van der Waals surface area (Å²) in [5, 5.41) is 2.98. The summed E-state index contributed by atoms with van der Waals surface area (Å²) in [6.07, 6.45) is 6.36. The number of piperazine rings is 1. The van der Waals surface area contributed by atoms with Crippen molar-refractivity contribution in [3.05, 3.63) is 68.6 Å². The topological polar surface area (TPSA) is 66.6 Å². The third-order valence-electron chi connectivity index (χ3n) is 6.49. The van der Waals surface area contributed by atoms with Gasteiger partial charge in [0.15, 0.2) is 5.65 Å². The van der Waals surface area contributed by atoms with E-state index in [1.54, 1.807) is 17.0 Å². The monoisotopic (exact) mass is 512 g/mol. The van der Waals surface area contributed by atoms with Crippen LogP contribution < -0.4 is 0 Å². The van der Waals surface area contributed by atoms with Gasteiger partial charge in [0.25, 0.3) is 5.91 Å². The summed E-state index contributed by atoms with van der Waals surface area (Å²) in [5.41, 5.74) is 6.91. The van der Waals surface area contributed by atoms with Crippen molar-refractivity contribution in [1.29, 1.82) is 0 Å². The van der Waals surface area contributed by atoms with E-state index in [1.807, 2.05) is 23.2 Å². The van der Waals surface area contributed by atoms with E-state index < -0.39 is 0 Å². The zero-order valence-corrected chi connectivity index (χ0v) is 20.7. The van der Waals surface area contributed by atoms with E-state index in [2.05, 4.69) is 25.5 Å². The molecule has 34 heavy (non-hydrogen) atoms. The Morgan fingerprint density at radius 2 is 1.94 bits per heavy atom. The predicted octanol–water partition coefficient (Wildman–Crippen LogP) is 5.00. The highest BCUT2D eigenvalue weighted by Gasteiger charge is 2.28. The van der Waals surface area contributed by atoms with Crippen LogP contribution in [0, 0.1) is 0 Å². The normalized spacial score (nSPS) is 16.9. The molecular weight excluding hydrogens is 491 g/mol. The highest BCUT2D eigenvalue weighted by atomic mass is 35.5. The fraction of sp³-hybridized carbons (Fsp3) is 0.333. The molecule has 1 saturated heterocycles. The van der Waals surface area contributed by atoms with Crippen LogP contribution in [0.5, 0.6) is 0 Å². The average molecular weight is 513 g/mol. The van der Waals surface area contributed by atoms with E-state index in [4.69, 9.17) is 28.2 Å². The number of carbonyl (C=O) groups is 1. The lowest BCUT2D eigenvalue weighted by atomic mass is 10.1. The molecule has 1 amide bonds. The molecule has 7 nitrogen and oxygen atoms in total. The van der Waals surface area contributed by atoms with Crippen molar-refractivity contribution in [3.63, 3.8) is 0 Å². The van der Waals surface area contributed by atoms with E-state index in [0.29, 0.717) is 41.3 Å². The molecule has 0 radical (unpaired) electrons. The second kappa shape index (κ2) is 8.92. The molecule has 4 heterocycles. The van der Waals surface area contributed by atoms with Crippen LogP contribution in [0.1, 0.15) is 40.6 Å². The van der Waals surface area contributed by atoms with E-state index in [-0.39, 0.29) is 5.91 Å². The zero-order valence-electron chi connectivity index (χ0n) is 18.3. The van der Waals surface area contributed by atoms with Gasteiger partial charge in [0.2, 0.25) is 0 Å². The molecule has 0 unspecified atom stereocenters. The van der Waals surface area contributed by atoms with Gasteiger partial charge >= 0.3 is 0 Å². The van der Waals surface area contributed by atoms with Crippen molar-refractivity contribution in [1.82, 2.24) is 29.2 Å². The Labute approximate surface area is 211 Å². The molecule has 0 spiro atoms. The Kier molecular flexibility index (Phi) is 5.77. The summed E-state index contributed by atoms with van der Waals surface area (Å²) in [7, 11) is 0. The first-order chi connectivity index (χ1) is 16.6. The smallest absolute Gasteiger partial charge is 0.273 e. The summed E-state index contributed by atoms with van der Waals surface area (Å²) in [6.45, 7) is 3.58. The van der Waals surface area contributed by atoms with Gasteiger partial charge in [-0.3, -0.25) is 19.1 Å². The lowest BCUT2D eigenvalue weighted by molar-refractivity contribution is 0.0622. The number of hydrogen-bond acceptors (Lipinski definition) is 6. The van der Waals surface area contributed by atoms with E-state index in [1.165, 1.54) is 24.2 Å². The Bertz CT molecular complexity index is 1360. The van der Waals surface area contributed by atoms with Crippen molar-refractivity contribution in [2.45, 2.75) is 25.3 Å². The summed E-state index contributed by atoms with van der Waals surface area (Å²) >= 11 is 14.2. The number of amides is 1. The number of halogens is 2. The third-order valence-corrected chi connectivity index (χ3v) is 7.63. The van der Waals surface area contributed by atoms with Crippen molar-refractivity contribution in [2.24, 2.45) is 0 Å². The van der Waals surface area contributed by atoms with Crippen molar-refractivity contribution in [2.75, 3.05) is 26.2 Å². The molecule has 174 valence electrons. The molecular formula is C24H22Cl2N6OS. The number of imidazole rings is 1.